The lowest BCUT2D eigenvalue weighted by Crippen LogP contribution is -2.27. The number of nitrogens with zero attached hydrogens (tertiary/aromatic N) is 1. The molecule has 2 amide bonds. The zero-order chi connectivity index (χ0) is 24.5. The number of fused-ring (bicyclic) bond motifs is 1. The van der Waals surface area contributed by atoms with Crippen molar-refractivity contribution in [3.05, 3.63) is 90.7 Å². The van der Waals surface area contributed by atoms with Gasteiger partial charge in [-0.2, -0.15) is 0 Å². The second-order valence-electron chi connectivity index (χ2n) is 7.66. The molecule has 0 aromatic heterocycles. The van der Waals surface area contributed by atoms with E-state index in [1.54, 1.807) is 30.3 Å². The molecule has 0 spiro atoms. The van der Waals surface area contributed by atoms with Crippen LogP contribution in [0.3, 0.4) is 0 Å². The van der Waals surface area contributed by atoms with Crippen LogP contribution < -0.4 is 14.2 Å². The maximum Gasteiger partial charge on any atom is 0.293 e. The van der Waals surface area contributed by atoms with Gasteiger partial charge in [0.15, 0.2) is 11.5 Å². The third kappa shape index (κ3) is 5.30. The summed E-state index contributed by atoms with van der Waals surface area (Å²) >= 11 is 16.6. The van der Waals surface area contributed by atoms with Crippen LogP contribution in [0.15, 0.2) is 64.0 Å². The summed E-state index contributed by atoms with van der Waals surface area (Å²) < 4.78 is 17.5. The first-order valence-corrected chi connectivity index (χ1v) is 12.7. The predicted molar refractivity (Wildman–Crippen MR) is 139 cm³/mol. The maximum absolute atomic E-state index is 13.1. The molecule has 2 heterocycles. The van der Waals surface area contributed by atoms with E-state index in [2.05, 4.69) is 15.9 Å². The summed E-state index contributed by atoms with van der Waals surface area (Å²) in [5.74, 6) is 1.24. The van der Waals surface area contributed by atoms with E-state index < -0.39 is 5.91 Å². The van der Waals surface area contributed by atoms with Crippen LogP contribution in [0.1, 0.15) is 16.7 Å². The normalized spacial score (nSPS) is 15.9. The highest BCUT2D eigenvalue weighted by molar-refractivity contribution is 9.10. The molecule has 0 aliphatic carbocycles. The van der Waals surface area contributed by atoms with E-state index in [1.165, 1.54) is 0 Å². The fourth-order valence-electron chi connectivity index (χ4n) is 3.53. The van der Waals surface area contributed by atoms with E-state index in [-0.39, 0.29) is 18.6 Å². The van der Waals surface area contributed by atoms with Gasteiger partial charge < -0.3 is 14.2 Å². The minimum atomic E-state index is -0.405. The topological polar surface area (TPSA) is 65.1 Å². The smallest absolute Gasteiger partial charge is 0.293 e. The largest absolute Gasteiger partial charge is 0.488 e. The second-order valence-corrected chi connectivity index (χ2v) is 10.4. The number of amides is 2. The average molecular weight is 593 g/mol. The van der Waals surface area contributed by atoms with Crippen LogP contribution in [-0.4, -0.2) is 22.8 Å². The van der Waals surface area contributed by atoms with Gasteiger partial charge in [-0.25, -0.2) is 0 Å². The summed E-state index contributed by atoms with van der Waals surface area (Å²) in [5.41, 5.74) is 2.21. The van der Waals surface area contributed by atoms with Crippen molar-refractivity contribution in [2.24, 2.45) is 0 Å². The zero-order valence-corrected chi connectivity index (χ0v) is 21.8. The highest BCUT2D eigenvalue weighted by atomic mass is 79.9. The molecule has 3 aromatic rings. The van der Waals surface area contributed by atoms with E-state index in [0.717, 1.165) is 26.7 Å². The van der Waals surface area contributed by atoms with Crippen LogP contribution in [-0.2, 0) is 17.9 Å². The number of hydrogen-bond acceptors (Lipinski definition) is 6. The molecule has 35 heavy (non-hydrogen) atoms. The molecule has 0 bridgehead atoms. The molecule has 0 N–H and O–H groups in total. The molecule has 1 fully saturated rings. The monoisotopic (exact) mass is 591 g/mol. The standard InChI is InChI=1S/C25H16BrCl2NO5S/c26-17-3-6-20(32-12-14-1-4-18(27)5-2-14)15(7-17)9-23-24(30)29(25(31)35-23)11-16-8-21-22(10-19(16)28)34-13-33-21/h1-10H,11-13H2/b23-9+. The number of carbonyl (C=O) groups is 2. The lowest BCUT2D eigenvalue weighted by atomic mass is 10.1. The van der Waals surface area contributed by atoms with Crippen LogP contribution in [0, 0.1) is 0 Å². The summed E-state index contributed by atoms with van der Waals surface area (Å²) in [7, 11) is 0. The van der Waals surface area contributed by atoms with Gasteiger partial charge in [-0.3, -0.25) is 14.5 Å². The summed E-state index contributed by atoms with van der Waals surface area (Å²) in [6, 6.07) is 16.2. The number of hydrogen-bond donors (Lipinski definition) is 0. The Morgan fingerprint density at radius 1 is 1.03 bits per heavy atom. The maximum atomic E-state index is 13.1. The molecule has 178 valence electrons. The summed E-state index contributed by atoms with van der Waals surface area (Å²) in [5, 5.41) is 0.659. The first kappa shape index (κ1) is 24.1. The number of ether oxygens (including phenoxy) is 3. The van der Waals surface area contributed by atoms with Crippen LogP contribution in [0.4, 0.5) is 4.79 Å². The molecule has 5 rings (SSSR count). The van der Waals surface area contributed by atoms with Crippen molar-refractivity contribution in [1.29, 1.82) is 0 Å². The molecule has 2 aliphatic rings. The van der Waals surface area contributed by atoms with E-state index in [9.17, 15) is 9.59 Å². The van der Waals surface area contributed by atoms with Gasteiger partial charge in [0, 0.05) is 26.1 Å². The Labute approximate surface area is 223 Å². The molecule has 2 aliphatic heterocycles. The molecule has 10 heteroatoms. The van der Waals surface area contributed by atoms with Gasteiger partial charge in [-0.1, -0.05) is 51.3 Å². The third-order valence-electron chi connectivity index (χ3n) is 5.31. The molecule has 6 nitrogen and oxygen atoms in total. The van der Waals surface area contributed by atoms with Crippen molar-refractivity contribution in [1.82, 2.24) is 4.90 Å². The molecule has 1 saturated heterocycles. The van der Waals surface area contributed by atoms with Crippen LogP contribution in [0.5, 0.6) is 17.2 Å². The van der Waals surface area contributed by atoms with Crippen molar-refractivity contribution in [2.45, 2.75) is 13.2 Å². The number of rotatable bonds is 6. The number of halogens is 3. The Hall–Kier alpha value is -2.65. The fraction of sp³-hybridized carbons (Fsp3) is 0.120. The average Bonchev–Trinajstić information content (AvgIpc) is 3.39. The predicted octanol–water partition coefficient (Wildman–Crippen LogP) is 7.30. The van der Waals surface area contributed by atoms with Gasteiger partial charge in [0.1, 0.15) is 12.4 Å². The minimum Gasteiger partial charge on any atom is -0.488 e. The first-order chi connectivity index (χ1) is 16.9. The van der Waals surface area contributed by atoms with Gasteiger partial charge in [0.05, 0.1) is 11.4 Å². The number of carbonyl (C=O) groups excluding carboxylic acids is 2. The lowest BCUT2D eigenvalue weighted by Gasteiger charge is -2.14. The number of thioether (sulfide) groups is 1. The molecular weight excluding hydrogens is 577 g/mol. The SMILES string of the molecule is O=C1S/C(=C/c2cc(Br)ccc2OCc2ccc(Cl)cc2)C(=O)N1Cc1cc2c(cc1Cl)OCO2. The van der Waals surface area contributed by atoms with Crippen molar-refractivity contribution < 1.29 is 23.8 Å². The Bertz CT molecular complexity index is 1360. The van der Waals surface area contributed by atoms with Gasteiger partial charge >= 0.3 is 0 Å². The summed E-state index contributed by atoms with van der Waals surface area (Å²) in [6.07, 6.45) is 1.66. The van der Waals surface area contributed by atoms with Crippen LogP contribution in [0.25, 0.3) is 6.08 Å². The fourth-order valence-corrected chi connectivity index (χ4v) is 5.08. The molecule has 0 unspecified atom stereocenters. The molecular formula is C25H16BrCl2NO5S. The third-order valence-corrected chi connectivity index (χ3v) is 7.31. The second kappa shape index (κ2) is 10.1. The Morgan fingerprint density at radius 3 is 2.54 bits per heavy atom. The van der Waals surface area contributed by atoms with Crippen molar-refractivity contribution in [3.8, 4) is 17.2 Å². The van der Waals surface area contributed by atoms with E-state index in [1.807, 2.05) is 30.3 Å². The first-order valence-electron chi connectivity index (χ1n) is 10.4. The Morgan fingerprint density at radius 2 is 1.77 bits per heavy atom. The number of benzene rings is 3. The van der Waals surface area contributed by atoms with Gasteiger partial charge in [0.2, 0.25) is 6.79 Å². The lowest BCUT2D eigenvalue weighted by molar-refractivity contribution is -0.123. The highest BCUT2D eigenvalue weighted by Gasteiger charge is 2.36. The van der Waals surface area contributed by atoms with E-state index >= 15 is 0 Å². The molecule has 0 saturated carbocycles. The molecule has 0 atom stereocenters. The Balaban J connectivity index is 1.36. The van der Waals surface area contributed by atoms with E-state index in [4.69, 9.17) is 37.4 Å². The number of imide groups is 1. The van der Waals surface area contributed by atoms with Crippen molar-refractivity contribution in [3.63, 3.8) is 0 Å². The van der Waals surface area contributed by atoms with Crippen LogP contribution >= 0.6 is 50.9 Å². The highest BCUT2D eigenvalue weighted by Crippen LogP contribution is 2.40. The van der Waals surface area contributed by atoms with Gasteiger partial charge in [0.25, 0.3) is 11.1 Å². The van der Waals surface area contributed by atoms with E-state index in [0.29, 0.717) is 49.9 Å². The van der Waals surface area contributed by atoms with Crippen molar-refractivity contribution >= 4 is 68.1 Å². The van der Waals surface area contributed by atoms with Crippen LogP contribution in [0.2, 0.25) is 10.0 Å². The Kier molecular flexibility index (Phi) is 6.98. The summed E-state index contributed by atoms with van der Waals surface area (Å²) in [4.78, 5) is 27.3. The van der Waals surface area contributed by atoms with Gasteiger partial charge in [-0.05, 0) is 65.4 Å². The molecule has 3 aromatic carbocycles. The van der Waals surface area contributed by atoms with Gasteiger partial charge in [-0.15, -0.1) is 0 Å². The van der Waals surface area contributed by atoms with Crippen molar-refractivity contribution in [2.75, 3.05) is 6.79 Å². The summed E-state index contributed by atoms with van der Waals surface area (Å²) in [6.45, 7) is 0.452. The minimum absolute atomic E-state index is 0.0237. The molecule has 0 radical (unpaired) electrons. The quantitative estimate of drug-likeness (QED) is 0.280. The zero-order valence-electron chi connectivity index (χ0n) is 17.9.